The second-order valence-electron chi connectivity index (χ2n) is 4.06. The van der Waals surface area contributed by atoms with Crippen LogP contribution >= 0.6 is 11.6 Å². The van der Waals surface area contributed by atoms with Crippen LogP contribution in [0.5, 0.6) is 0 Å². The van der Waals surface area contributed by atoms with Gasteiger partial charge < -0.3 is 0 Å². The highest BCUT2D eigenvalue weighted by Gasteiger charge is 2.45. The van der Waals surface area contributed by atoms with Gasteiger partial charge in [-0.2, -0.15) is 0 Å². The van der Waals surface area contributed by atoms with Crippen LogP contribution in [0.15, 0.2) is 35.9 Å². The SMILES string of the molecule is CC.CC=C(C)C1(c2ccc(Cl)cc2)CC1. The molecule has 0 aromatic heterocycles. The third-order valence-electron chi connectivity index (χ3n) is 3.33. The van der Waals surface area contributed by atoms with Crippen LogP contribution in [0.1, 0.15) is 46.1 Å². The Hall–Kier alpha value is -0.750. The number of benzene rings is 1. The number of hydrogen-bond acceptors (Lipinski definition) is 0. The molecule has 0 unspecified atom stereocenters. The summed E-state index contributed by atoms with van der Waals surface area (Å²) in [6.07, 6.45) is 4.79. The summed E-state index contributed by atoms with van der Waals surface area (Å²) in [7, 11) is 0. The van der Waals surface area contributed by atoms with Crippen molar-refractivity contribution in [3.05, 3.63) is 46.5 Å². The second-order valence-corrected chi connectivity index (χ2v) is 4.50. The molecular weight excluding hydrogens is 216 g/mol. The molecule has 0 N–H and O–H groups in total. The summed E-state index contributed by atoms with van der Waals surface area (Å²) in [5.41, 5.74) is 3.25. The van der Waals surface area contributed by atoms with Crippen LogP contribution in [-0.4, -0.2) is 0 Å². The predicted octanol–water partition coefficient (Wildman–Crippen LogP) is 5.36. The van der Waals surface area contributed by atoms with Gasteiger partial charge in [0.05, 0.1) is 0 Å². The molecule has 1 saturated carbocycles. The van der Waals surface area contributed by atoms with E-state index in [0.717, 1.165) is 5.02 Å². The zero-order valence-electron chi connectivity index (χ0n) is 10.7. The molecule has 2 rings (SSSR count). The molecule has 88 valence electrons. The van der Waals surface area contributed by atoms with E-state index in [1.807, 2.05) is 26.0 Å². The molecule has 0 amide bonds. The quantitative estimate of drug-likeness (QED) is 0.606. The van der Waals surface area contributed by atoms with Crippen LogP contribution in [-0.2, 0) is 5.41 Å². The fraction of sp³-hybridized carbons (Fsp3) is 0.467. The summed E-state index contributed by atoms with van der Waals surface area (Å²) in [4.78, 5) is 0. The lowest BCUT2D eigenvalue weighted by molar-refractivity contribution is 0.818. The highest BCUT2D eigenvalue weighted by molar-refractivity contribution is 6.30. The van der Waals surface area contributed by atoms with Crippen molar-refractivity contribution >= 4 is 11.6 Å². The molecule has 1 aliphatic carbocycles. The smallest absolute Gasteiger partial charge is 0.0406 e. The van der Waals surface area contributed by atoms with E-state index in [1.165, 1.54) is 24.0 Å². The number of rotatable bonds is 2. The lowest BCUT2D eigenvalue weighted by Crippen LogP contribution is -2.07. The van der Waals surface area contributed by atoms with Gasteiger partial charge in [0.15, 0.2) is 0 Å². The third kappa shape index (κ3) is 2.49. The molecule has 0 aliphatic heterocycles. The Kier molecular flexibility index (Phi) is 4.61. The van der Waals surface area contributed by atoms with Gasteiger partial charge >= 0.3 is 0 Å². The Morgan fingerprint density at radius 1 is 1.19 bits per heavy atom. The average Bonchev–Trinajstić information content (AvgIpc) is 3.13. The molecule has 0 spiro atoms. The van der Waals surface area contributed by atoms with Crippen molar-refractivity contribution in [2.24, 2.45) is 0 Å². The minimum Gasteiger partial charge on any atom is -0.0878 e. The van der Waals surface area contributed by atoms with Crippen molar-refractivity contribution in [1.82, 2.24) is 0 Å². The molecular formula is C15H21Cl. The Morgan fingerprint density at radius 2 is 1.69 bits per heavy atom. The van der Waals surface area contributed by atoms with Gasteiger partial charge in [-0.3, -0.25) is 0 Å². The zero-order chi connectivity index (χ0) is 12.2. The van der Waals surface area contributed by atoms with Gasteiger partial charge in [-0.25, -0.2) is 0 Å². The first kappa shape index (κ1) is 13.3. The van der Waals surface area contributed by atoms with Crippen LogP contribution in [0.4, 0.5) is 0 Å². The van der Waals surface area contributed by atoms with Crippen LogP contribution < -0.4 is 0 Å². The van der Waals surface area contributed by atoms with E-state index in [-0.39, 0.29) is 0 Å². The zero-order valence-corrected chi connectivity index (χ0v) is 11.4. The number of allylic oxidation sites excluding steroid dienone is 2. The fourth-order valence-corrected chi connectivity index (χ4v) is 2.21. The molecule has 1 aromatic carbocycles. The van der Waals surface area contributed by atoms with E-state index in [2.05, 4.69) is 32.1 Å². The minimum atomic E-state index is 0.347. The van der Waals surface area contributed by atoms with E-state index in [9.17, 15) is 0 Å². The molecule has 0 radical (unpaired) electrons. The van der Waals surface area contributed by atoms with Crippen molar-refractivity contribution in [2.75, 3.05) is 0 Å². The van der Waals surface area contributed by atoms with Gasteiger partial charge in [0.1, 0.15) is 0 Å². The molecule has 1 fully saturated rings. The predicted molar refractivity (Wildman–Crippen MR) is 73.1 cm³/mol. The fourth-order valence-electron chi connectivity index (χ4n) is 2.08. The van der Waals surface area contributed by atoms with Gasteiger partial charge in [-0.1, -0.05) is 49.2 Å². The van der Waals surface area contributed by atoms with E-state index in [0.29, 0.717) is 5.41 Å². The van der Waals surface area contributed by atoms with Crippen molar-refractivity contribution in [3.63, 3.8) is 0 Å². The van der Waals surface area contributed by atoms with Crippen LogP contribution in [0, 0.1) is 0 Å². The van der Waals surface area contributed by atoms with Crippen molar-refractivity contribution in [2.45, 2.75) is 46.0 Å². The van der Waals surface area contributed by atoms with Gasteiger partial charge in [-0.05, 0) is 44.4 Å². The molecule has 1 aromatic rings. The van der Waals surface area contributed by atoms with E-state index < -0.39 is 0 Å². The highest BCUT2D eigenvalue weighted by Crippen LogP contribution is 2.53. The molecule has 1 heteroatoms. The first-order chi connectivity index (χ1) is 7.69. The summed E-state index contributed by atoms with van der Waals surface area (Å²) in [5, 5.41) is 0.822. The Bertz CT molecular complexity index is 356. The normalized spacial score (nSPS) is 17.4. The molecule has 0 saturated heterocycles. The monoisotopic (exact) mass is 236 g/mol. The lowest BCUT2D eigenvalue weighted by atomic mass is 9.89. The Labute approximate surface area is 104 Å². The summed E-state index contributed by atoms with van der Waals surface area (Å²) < 4.78 is 0. The van der Waals surface area contributed by atoms with Gasteiger partial charge in [0.25, 0.3) is 0 Å². The molecule has 16 heavy (non-hydrogen) atoms. The Balaban J connectivity index is 0.000000606. The topological polar surface area (TPSA) is 0 Å². The standard InChI is InChI=1S/C13H15Cl.C2H6/c1-3-10(2)13(8-9-13)11-4-6-12(14)7-5-11;1-2/h3-7H,8-9H2,1-2H3;1-2H3. The summed E-state index contributed by atoms with van der Waals surface area (Å²) in [6.45, 7) is 8.34. The highest BCUT2D eigenvalue weighted by atomic mass is 35.5. The third-order valence-corrected chi connectivity index (χ3v) is 3.59. The van der Waals surface area contributed by atoms with Crippen molar-refractivity contribution in [1.29, 1.82) is 0 Å². The molecule has 0 nitrogen and oxygen atoms in total. The molecule has 0 heterocycles. The van der Waals surface area contributed by atoms with Gasteiger partial charge in [-0.15, -0.1) is 0 Å². The first-order valence-electron chi connectivity index (χ1n) is 6.08. The van der Waals surface area contributed by atoms with Crippen molar-refractivity contribution < 1.29 is 0 Å². The van der Waals surface area contributed by atoms with E-state index >= 15 is 0 Å². The molecule has 0 bridgehead atoms. The van der Waals surface area contributed by atoms with Gasteiger partial charge in [0.2, 0.25) is 0 Å². The summed E-state index contributed by atoms with van der Waals surface area (Å²) >= 11 is 5.88. The molecule has 0 atom stereocenters. The van der Waals surface area contributed by atoms with Crippen LogP contribution in [0.25, 0.3) is 0 Å². The largest absolute Gasteiger partial charge is 0.0878 e. The van der Waals surface area contributed by atoms with Crippen LogP contribution in [0.3, 0.4) is 0 Å². The Morgan fingerprint density at radius 3 is 2.06 bits per heavy atom. The van der Waals surface area contributed by atoms with Gasteiger partial charge in [0, 0.05) is 10.4 Å². The summed E-state index contributed by atoms with van der Waals surface area (Å²) in [5.74, 6) is 0. The summed E-state index contributed by atoms with van der Waals surface area (Å²) in [6, 6.07) is 8.28. The molecule has 1 aliphatic rings. The maximum atomic E-state index is 5.88. The van der Waals surface area contributed by atoms with E-state index in [4.69, 9.17) is 11.6 Å². The minimum absolute atomic E-state index is 0.347. The van der Waals surface area contributed by atoms with Crippen molar-refractivity contribution in [3.8, 4) is 0 Å². The van der Waals surface area contributed by atoms with Crippen LogP contribution in [0.2, 0.25) is 5.02 Å². The van der Waals surface area contributed by atoms with E-state index in [1.54, 1.807) is 0 Å². The number of hydrogen-bond donors (Lipinski definition) is 0. The lowest BCUT2D eigenvalue weighted by Gasteiger charge is -2.16. The maximum absolute atomic E-state index is 5.88. The first-order valence-corrected chi connectivity index (χ1v) is 6.46. The second kappa shape index (κ2) is 5.54. The number of halogens is 1. The average molecular weight is 237 g/mol. The maximum Gasteiger partial charge on any atom is 0.0406 e.